The van der Waals surface area contributed by atoms with Gasteiger partial charge in [0.2, 0.25) is 0 Å². The average Bonchev–Trinajstić information content (AvgIpc) is 2.44. The van der Waals surface area contributed by atoms with Crippen molar-refractivity contribution in [2.24, 2.45) is 0 Å². The zero-order valence-corrected chi connectivity index (χ0v) is 14.3. The van der Waals surface area contributed by atoms with Crippen LogP contribution in [0.5, 0.6) is 0 Å². The second-order valence-corrected chi connectivity index (χ2v) is 6.24. The van der Waals surface area contributed by atoms with Gasteiger partial charge in [-0.3, -0.25) is 9.59 Å². The highest BCUT2D eigenvalue weighted by Crippen LogP contribution is 2.07. The van der Waals surface area contributed by atoms with Gasteiger partial charge in [0.05, 0.1) is 0 Å². The summed E-state index contributed by atoms with van der Waals surface area (Å²) in [5, 5.41) is 2.72. The molecule has 1 N–H and O–H groups in total. The minimum Gasteiger partial charge on any atom is -0.348 e. The highest BCUT2D eigenvalue weighted by atomic mass is 16.2. The Balaban J connectivity index is 2.39. The van der Waals surface area contributed by atoms with Gasteiger partial charge in [-0.05, 0) is 53.0 Å². The van der Waals surface area contributed by atoms with Gasteiger partial charge in [0.1, 0.15) is 0 Å². The van der Waals surface area contributed by atoms with Crippen LogP contribution in [-0.4, -0.2) is 35.3 Å². The second kappa shape index (κ2) is 8.57. The van der Waals surface area contributed by atoms with Crippen LogP contribution >= 0.6 is 0 Å². The van der Waals surface area contributed by atoms with Gasteiger partial charge in [-0.25, -0.2) is 0 Å². The molecule has 0 spiro atoms. The van der Waals surface area contributed by atoms with E-state index in [9.17, 15) is 9.59 Å². The van der Waals surface area contributed by atoms with Gasteiger partial charge in [0, 0.05) is 18.6 Å². The van der Waals surface area contributed by atoms with Crippen LogP contribution in [0.15, 0.2) is 24.3 Å². The predicted octanol–water partition coefficient (Wildman–Crippen LogP) is 2.69. The molecule has 4 nitrogen and oxygen atoms in total. The SMILES string of the molecule is Cc1ccc(CCCNC(=O)C(=O)N(C(C)C)C(C)C)cc1. The first-order valence-corrected chi connectivity index (χ1v) is 7.99. The van der Waals surface area contributed by atoms with E-state index in [-0.39, 0.29) is 12.1 Å². The summed E-state index contributed by atoms with van der Waals surface area (Å²) in [6.45, 7) is 10.3. The van der Waals surface area contributed by atoms with Crippen molar-refractivity contribution >= 4 is 11.8 Å². The number of amides is 2. The molecule has 1 rings (SSSR count). The van der Waals surface area contributed by atoms with Crippen molar-refractivity contribution in [3.05, 3.63) is 35.4 Å². The molecule has 22 heavy (non-hydrogen) atoms. The van der Waals surface area contributed by atoms with E-state index < -0.39 is 11.8 Å². The highest BCUT2D eigenvalue weighted by molar-refractivity contribution is 6.35. The molecule has 0 saturated heterocycles. The molecule has 0 atom stereocenters. The molecule has 1 aromatic carbocycles. The van der Waals surface area contributed by atoms with E-state index in [2.05, 4.69) is 36.5 Å². The number of carbonyl (C=O) groups excluding carboxylic acids is 2. The van der Waals surface area contributed by atoms with Gasteiger partial charge >= 0.3 is 11.8 Å². The first-order valence-electron chi connectivity index (χ1n) is 7.99. The first-order chi connectivity index (χ1) is 10.3. The largest absolute Gasteiger partial charge is 0.348 e. The van der Waals surface area contributed by atoms with E-state index in [0.717, 1.165) is 12.8 Å². The Morgan fingerprint density at radius 2 is 1.59 bits per heavy atom. The van der Waals surface area contributed by atoms with Crippen molar-refractivity contribution in [3.63, 3.8) is 0 Å². The molecule has 0 heterocycles. The molecule has 0 aromatic heterocycles. The lowest BCUT2D eigenvalue weighted by atomic mass is 10.1. The molecule has 2 amide bonds. The summed E-state index contributed by atoms with van der Waals surface area (Å²) in [5.41, 5.74) is 2.49. The number of benzene rings is 1. The van der Waals surface area contributed by atoms with Crippen LogP contribution in [0, 0.1) is 6.92 Å². The molecule has 4 heteroatoms. The summed E-state index contributed by atoms with van der Waals surface area (Å²) >= 11 is 0. The minimum atomic E-state index is -0.508. The van der Waals surface area contributed by atoms with E-state index in [1.807, 2.05) is 27.7 Å². The molecule has 0 unspecified atom stereocenters. The Labute approximate surface area is 133 Å². The summed E-state index contributed by atoms with van der Waals surface area (Å²) in [7, 11) is 0. The monoisotopic (exact) mass is 304 g/mol. The molecule has 0 fully saturated rings. The van der Waals surface area contributed by atoms with E-state index in [4.69, 9.17) is 0 Å². The van der Waals surface area contributed by atoms with Gasteiger partial charge in [0.15, 0.2) is 0 Å². The second-order valence-electron chi connectivity index (χ2n) is 6.24. The number of aryl methyl sites for hydroxylation is 2. The summed E-state index contributed by atoms with van der Waals surface area (Å²) in [6, 6.07) is 8.40. The lowest BCUT2D eigenvalue weighted by molar-refractivity contribution is -0.148. The number of nitrogens with zero attached hydrogens (tertiary/aromatic N) is 1. The smallest absolute Gasteiger partial charge is 0.312 e. The molecule has 1 aromatic rings. The number of hydrogen-bond acceptors (Lipinski definition) is 2. The molecule has 122 valence electrons. The van der Waals surface area contributed by atoms with E-state index in [1.165, 1.54) is 11.1 Å². The quantitative estimate of drug-likeness (QED) is 0.649. The maximum absolute atomic E-state index is 12.1. The van der Waals surface area contributed by atoms with E-state index >= 15 is 0 Å². The average molecular weight is 304 g/mol. The predicted molar refractivity (Wildman–Crippen MR) is 89.6 cm³/mol. The Hall–Kier alpha value is -1.84. The third kappa shape index (κ3) is 5.51. The first kappa shape index (κ1) is 18.2. The van der Waals surface area contributed by atoms with Crippen LogP contribution < -0.4 is 5.32 Å². The van der Waals surface area contributed by atoms with Crippen LogP contribution in [0.25, 0.3) is 0 Å². The zero-order chi connectivity index (χ0) is 16.7. The minimum absolute atomic E-state index is 0.0193. The van der Waals surface area contributed by atoms with Crippen molar-refractivity contribution in [1.82, 2.24) is 10.2 Å². The molecular weight excluding hydrogens is 276 g/mol. The van der Waals surface area contributed by atoms with Crippen LogP contribution in [0.2, 0.25) is 0 Å². The van der Waals surface area contributed by atoms with Crippen LogP contribution in [0.1, 0.15) is 45.2 Å². The van der Waals surface area contributed by atoms with Crippen molar-refractivity contribution < 1.29 is 9.59 Å². The molecule has 0 aliphatic rings. The normalized spacial score (nSPS) is 10.9. The fourth-order valence-electron chi connectivity index (χ4n) is 2.51. The van der Waals surface area contributed by atoms with Gasteiger partial charge in [-0.15, -0.1) is 0 Å². The molecular formula is C18H28N2O2. The Morgan fingerprint density at radius 3 is 2.09 bits per heavy atom. The Kier molecular flexibility index (Phi) is 7.09. The van der Waals surface area contributed by atoms with Crippen LogP contribution in [-0.2, 0) is 16.0 Å². The topological polar surface area (TPSA) is 49.4 Å². The van der Waals surface area contributed by atoms with Gasteiger partial charge in [0.25, 0.3) is 0 Å². The van der Waals surface area contributed by atoms with Gasteiger partial charge in [-0.2, -0.15) is 0 Å². The third-order valence-corrected chi connectivity index (χ3v) is 3.59. The van der Waals surface area contributed by atoms with Crippen molar-refractivity contribution in [1.29, 1.82) is 0 Å². The summed E-state index contributed by atoms with van der Waals surface area (Å²) in [4.78, 5) is 25.7. The summed E-state index contributed by atoms with van der Waals surface area (Å²) in [5.74, 6) is -0.952. The van der Waals surface area contributed by atoms with Crippen molar-refractivity contribution in [2.75, 3.05) is 6.54 Å². The molecule has 0 aliphatic heterocycles. The van der Waals surface area contributed by atoms with Crippen molar-refractivity contribution in [3.8, 4) is 0 Å². The summed E-state index contributed by atoms with van der Waals surface area (Å²) in [6.07, 6.45) is 1.72. The van der Waals surface area contributed by atoms with Crippen LogP contribution in [0.3, 0.4) is 0 Å². The lowest BCUT2D eigenvalue weighted by Gasteiger charge is -2.29. The number of carbonyl (C=O) groups is 2. The lowest BCUT2D eigenvalue weighted by Crippen LogP contribution is -2.49. The molecule has 0 bridgehead atoms. The maximum atomic E-state index is 12.1. The molecule has 0 saturated carbocycles. The number of nitrogens with one attached hydrogen (secondary N) is 1. The number of hydrogen-bond donors (Lipinski definition) is 1. The highest BCUT2D eigenvalue weighted by Gasteiger charge is 2.25. The Bertz CT molecular complexity index is 484. The van der Waals surface area contributed by atoms with E-state index in [1.54, 1.807) is 4.90 Å². The fourth-order valence-corrected chi connectivity index (χ4v) is 2.51. The maximum Gasteiger partial charge on any atom is 0.312 e. The molecule has 0 aliphatic carbocycles. The Morgan fingerprint density at radius 1 is 1.05 bits per heavy atom. The van der Waals surface area contributed by atoms with Crippen LogP contribution in [0.4, 0.5) is 0 Å². The van der Waals surface area contributed by atoms with E-state index in [0.29, 0.717) is 6.54 Å². The van der Waals surface area contributed by atoms with Crippen molar-refractivity contribution in [2.45, 2.75) is 59.5 Å². The van der Waals surface area contributed by atoms with Gasteiger partial charge < -0.3 is 10.2 Å². The summed E-state index contributed by atoms with van der Waals surface area (Å²) < 4.78 is 0. The van der Waals surface area contributed by atoms with Gasteiger partial charge in [-0.1, -0.05) is 29.8 Å². The number of rotatable bonds is 6. The standard InChI is InChI=1S/C18H28N2O2/c1-13(2)20(14(3)4)18(22)17(21)19-12-6-7-16-10-8-15(5)9-11-16/h8-11,13-14H,6-7,12H2,1-5H3,(H,19,21). The molecule has 0 radical (unpaired) electrons. The zero-order valence-electron chi connectivity index (χ0n) is 14.3. The fraction of sp³-hybridized carbons (Fsp3) is 0.556. The third-order valence-electron chi connectivity index (χ3n) is 3.59.